The summed E-state index contributed by atoms with van der Waals surface area (Å²) in [7, 11) is 0. The highest BCUT2D eigenvalue weighted by Gasteiger charge is 2.27. The Labute approximate surface area is 263 Å². The van der Waals surface area contributed by atoms with Crippen molar-refractivity contribution >= 4 is 17.7 Å². The number of benzene rings is 2. The molecule has 45 heavy (non-hydrogen) atoms. The fraction of sp³-hybridized carbons (Fsp3) is 0.485. The van der Waals surface area contributed by atoms with Crippen molar-refractivity contribution in [3.05, 3.63) is 53.6 Å². The SMILES string of the molecule is CC(C)(C)/N=N/C(C)(C#N)CCC(=O)Oc1ccc(C(=O)c2ccc(OC(=O)CCC(C)(C#N)/N=N/C(C)(C)C)cc2O)cc1. The van der Waals surface area contributed by atoms with Gasteiger partial charge in [-0.05, 0) is 105 Å². The lowest BCUT2D eigenvalue weighted by Crippen LogP contribution is -2.23. The number of phenols is 1. The van der Waals surface area contributed by atoms with E-state index in [1.54, 1.807) is 13.8 Å². The minimum Gasteiger partial charge on any atom is -0.507 e. The van der Waals surface area contributed by atoms with E-state index in [1.807, 2.05) is 41.5 Å². The molecule has 0 radical (unpaired) electrons. The Morgan fingerprint density at radius 1 is 0.689 bits per heavy atom. The van der Waals surface area contributed by atoms with Crippen molar-refractivity contribution in [1.82, 2.24) is 0 Å². The maximum atomic E-state index is 13.0. The molecule has 0 saturated heterocycles. The van der Waals surface area contributed by atoms with Crippen LogP contribution in [0.4, 0.5) is 0 Å². The van der Waals surface area contributed by atoms with Crippen molar-refractivity contribution in [2.45, 2.75) is 103 Å². The molecule has 2 unspecified atom stereocenters. The van der Waals surface area contributed by atoms with E-state index < -0.39 is 45.6 Å². The molecule has 2 aromatic carbocycles. The molecule has 0 amide bonds. The van der Waals surface area contributed by atoms with Gasteiger partial charge in [-0.3, -0.25) is 14.4 Å². The number of esters is 2. The lowest BCUT2D eigenvalue weighted by Gasteiger charge is -2.17. The molecule has 0 heterocycles. The molecule has 1 N–H and O–H groups in total. The molecule has 0 spiro atoms. The van der Waals surface area contributed by atoms with Crippen LogP contribution >= 0.6 is 0 Å². The van der Waals surface area contributed by atoms with Crippen LogP contribution in [0.15, 0.2) is 62.9 Å². The maximum absolute atomic E-state index is 13.0. The molecule has 2 aromatic rings. The molecule has 0 aliphatic rings. The Morgan fingerprint density at radius 3 is 1.51 bits per heavy atom. The number of aromatic hydroxyl groups is 1. The Balaban J connectivity index is 1.99. The number of phenolic OH excluding ortho intramolecular Hbond substituents is 1. The number of ketones is 1. The van der Waals surface area contributed by atoms with Crippen molar-refractivity contribution in [1.29, 1.82) is 10.5 Å². The van der Waals surface area contributed by atoms with Gasteiger partial charge in [-0.1, -0.05) is 0 Å². The van der Waals surface area contributed by atoms with Crippen LogP contribution in [-0.4, -0.2) is 45.0 Å². The molecule has 12 heteroatoms. The third-order valence-electron chi connectivity index (χ3n) is 6.05. The second-order valence-corrected chi connectivity index (χ2v) is 13.0. The summed E-state index contributed by atoms with van der Waals surface area (Å²) in [5.74, 6) is -1.89. The van der Waals surface area contributed by atoms with E-state index in [-0.39, 0.29) is 48.3 Å². The summed E-state index contributed by atoms with van der Waals surface area (Å²) in [6.45, 7) is 14.3. The number of hydrogen-bond acceptors (Lipinski definition) is 12. The van der Waals surface area contributed by atoms with Crippen LogP contribution in [-0.2, 0) is 9.59 Å². The molecular weight excluding hydrogens is 576 g/mol. The summed E-state index contributed by atoms with van der Waals surface area (Å²) >= 11 is 0. The summed E-state index contributed by atoms with van der Waals surface area (Å²) in [5.41, 5.74) is -3.10. The van der Waals surface area contributed by atoms with Crippen LogP contribution in [0.2, 0.25) is 0 Å². The molecule has 2 atom stereocenters. The number of hydrogen-bond donors (Lipinski definition) is 1. The number of rotatable bonds is 12. The topological polar surface area (TPSA) is 187 Å². The first-order chi connectivity index (χ1) is 20.8. The largest absolute Gasteiger partial charge is 0.507 e. The first kappa shape index (κ1) is 36.2. The van der Waals surface area contributed by atoms with Crippen LogP contribution in [0, 0.1) is 22.7 Å². The van der Waals surface area contributed by atoms with E-state index in [4.69, 9.17) is 9.47 Å². The van der Waals surface area contributed by atoms with Crippen molar-refractivity contribution in [3.8, 4) is 29.4 Å². The quantitative estimate of drug-likeness (QED) is 0.113. The Bertz CT molecular complexity index is 1540. The fourth-order valence-corrected chi connectivity index (χ4v) is 3.43. The molecule has 0 aliphatic carbocycles. The van der Waals surface area contributed by atoms with E-state index in [1.165, 1.54) is 36.4 Å². The monoisotopic (exact) mass is 616 g/mol. The molecular formula is C33H40N6O6. The predicted molar refractivity (Wildman–Crippen MR) is 165 cm³/mol. The normalized spacial score (nSPS) is 14.6. The lowest BCUT2D eigenvalue weighted by molar-refractivity contribution is -0.135. The molecule has 0 fully saturated rings. The average molecular weight is 617 g/mol. The van der Waals surface area contributed by atoms with Gasteiger partial charge in [-0.25, -0.2) is 0 Å². The molecule has 12 nitrogen and oxygen atoms in total. The zero-order valence-electron chi connectivity index (χ0n) is 27.0. The van der Waals surface area contributed by atoms with E-state index in [0.717, 1.165) is 6.07 Å². The van der Waals surface area contributed by atoms with Crippen LogP contribution in [0.5, 0.6) is 17.2 Å². The number of nitrogens with zero attached hydrogens (tertiary/aromatic N) is 6. The van der Waals surface area contributed by atoms with E-state index in [0.29, 0.717) is 0 Å². The zero-order chi connectivity index (χ0) is 34.1. The predicted octanol–water partition coefficient (Wildman–Crippen LogP) is 7.06. The Kier molecular flexibility index (Phi) is 11.8. The van der Waals surface area contributed by atoms with Crippen LogP contribution in [0.3, 0.4) is 0 Å². The molecule has 0 saturated carbocycles. The zero-order valence-corrected chi connectivity index (χ0v) is 27.0. The van der Waals surface area contributed by atoms with Gasteiger partial charge in [0, 0.05) is 24.5 Å². The number of carbonyl (C=O) groups excluding carboxylic acids is 3. The van der Waals surface area contributed by atoms with Crippen LogP contribution in [0.25, 0.3) is 0 Å². The minimum absolute atomic E-state index is 0.0265. The number of ether oxygens (including phenoxy) is 2. The fourth-order valence-electron chi connectivity index (χ4n) is 3.43. The smallest absolute Gasteiger partial charge is 0.311 e. The first-order valence-corrected chi connectivity index (χ1v) is 14.4. The Morgan fingerprint density at radius 2 is 1.11 bits per heavy atom. The average Bonchev–Trinajstić information content (AvgIpc) is 2.96. The lowest BCUT2D eigenvalue weighted by atomic mass is 9.99. The van der Waals surface area contributed by atoms with Gasteiger partial charge in [0.15, 0.2) is 16.9 Å². The standard InChI is InChI=1S/C33H40N6O6/c1-30(2,3)36-38-32(7,20-34)17-15-27(41)44-23-11-9-22(10-12-23)29(43)25-14-13-24(19-26(25)40)45-28(42)16-18-33(8,21-35)39-37-31(4,5)6/h9-14,19,40H,15-18H2,1-8H3/b38-36+,39-37+. The van der Waals surface area contributed by atoms with Crippen LogP contribution < -0.4 is 9.47 Å². The third kappa shape index (κ3) is 12.3. The number of carbonyl (C=O) groups is 3. The van der Waals surface area contributed by atoms with Crippen molar-refractivity contribution in [2.24, 2.45) is 20.5 Å². The summed E-state index contributed by atoms with van der Waals surface area (Å²) in [6, 6.07) is 13.8. The van der Waals surface area contributed by atoms with Gasteiger partial charge in [-0.2, -0.15) is 31.0 Å². The van der Waals surface area contributed by atoms with Crippen LogP contribution in [0.1, 0.15) is 97.0 Å². The van der Waals surface area contributed by atoms with E-state index in [2.05, 4.69) is 32.6 Å². The molecule has 0 bridgehead atoms. The minimum atomic E-state index is -1.20. The molecule has 2 rings (SSSR count). The molecule has 0 aliphatic heterocycles. The molecule has 238 valence electrons. The number of azo groups is 2. The van der Waals surface area contributed by atoms with Crippen molar-refractivity contribution < 1.29 is 29.0 Å². The summed E-state index contributed by atoms with van der Waals surface area (Å²) in [5, 5.41) is 45.9. The van der Waals surface area contributed by atoms with Crippen molar-refractivity contribution in [3.63, 3.8) is 0 Å². The van der Waals surface area contributed by atoms with Gasteiger partial charge >= 0.3 is 11.9 Å². The Hall–Kier alpha value is -4.97. The third-order valence-corrected chi connectivity index (χ3v) is 6.05. The van der Waals surface area contributed by atoms with Crippen molar-refractivity contribution in [2.75, 3.05) is 0 Å². The highest BCUT2D eigenvalue weighted by molar-refractivity contribution is 6.10. The number of nitriles is 2. The summed E-state index contributed by atoms with van der Waals surface area (Å²) in [4.78, 5) is 37.8. The summed E-state index contributed by atoms with van der Waals surface area (Å²) < 4.78 is 10.6. The van der Waals surface area contributed by atoms with E-state index >= 15 is 0 Å². The second-order valence-electron chi connectivity index (χ2n) is 13.0. The summed E-state index contributed by atoms with van der Waals surface area (Å²) in [6.07, 6.45) is 0.00849. The second kappa shape index (κ2) is 14.7. The highest BCUT2D eigenvalue weighted by Crippen LogP contribution is 2.28. The maximum Gasteiger partial charge on any atom is 0.311 e. The van der Waals surface area contributed by atoms with E-state index in [9.17, 15) is 30.0 Å². The highest BCUT2D eigenvalue weighted by atomic mass is 16.5. The van der Waals surface area contributed by atoms with Gasteiger partial charge in [-0.15, -0.1) is 0 Å². The first-order valence-electron chi connectivity index (χ1n) is 14.4. The van der Waals surface area contributed by atoms with Gasteiger partial charge in [0.25, 0.3) is 0 Å². The molecule has 0 aromatic heterocycles. The van der Waals surface area contributed by atoms with Gasteiger partial charge in [0.2, 0.25) is 0 Å². The van der Waals surface area contributed by atoms with Gasteiger partial charge in [0.05, 0.1) is 28.8 Å². The van der Waals surface area contributed by atoms with Gasteiger partial charge in [0.1, 0.15) is 17.2 Å². The van der Waals surface area contributed by atoms with Gasteiger partial charge < -0.3 is 14.6 Å².